The molecular formula is C14H8F6N8O2. The summed E-state index contributed by atoms with van der Waals surface area (Å²) >= 11 is 0. The van der Waals surface area contributed by atoms with Crippen LogP contribution in [-0.2, 0) is 12.4 Å². The first-order valence-corrected chi connectivity index (χ1v) is 7.59. The molecular weight excluding hydrogens is 426 g/mol. The summed E-state index contributed by atoms with van der Waals surface area (Å²) < 4.78 is 82.3. The van der Waals surface area contributed by atoms with Crippen LogP contribution in [0.4, 0.5) is 32.2 Å². The predicted octanol–water partition coefficient (Wildman–Crippen LogP) is 2.03. The number of alkyl halides is 6. The molecule has 3 rings (SSSR count). The fourth-order valence-corrected chi connectivity index (χ4v) is 2.10. The van der Waals surface area contributed by atoms with Gasteiger partial charge in [-0.05, 0) is 34.1 Å². The molecule has 16 heteroatoms. The lowest BCUT2D eigenvalue weighted by Gasteiger charge is -2.12. The first-order valence-electron chi connectivity index (χ1n) is 7.59. The molecule has 3 aromatic rings. The van der Waals surface area contributed by atoms with E-state index in [0.29, 0.717) is 18.3 Å². The average molecular weight is 434 g/mol. The molecule has 0 saturated heterocycles. The van der Waals surface area contributed by atoms with Gasteiger partial charge in [0.05, 0.1) is 23.5 Å². The van der Waals surface area contributed by atoms with Crippen molar-refractivity contribution < 1.29 is 35.8 Å². The topological polar surface area (TPSA) is 137 Å². The van der Waals surface area contributed by atoms with Gasteiger partial charge < -0.3 is 5.73 Å². The number of nitrogens with one attached hydrogen (secondary N) is 1. The number of hydrogen-bond acceptors (Lipinski definition) is 8. The summed E-state index contributed by atoms with van der Waals surface area (Å²) in [7, 11) is 0. The zero-order valence-corrected chi connectivity index (χ0v) is 14.2. The number of halogens is 6. The van der Waals surface area contributed by atoms with Gasteiger partial charge in [0, 0.05) is 0 Å². The molecule has 3 N–H and O–H groups in total. The molecule has 30 heavy (non-hydrogen) atoms. The molecule has 2 aromatic heterocycles. The zero-order valence-electron chi connectivity index (χ0n) is 14.2. The van der Waals surface area contributed by atoms with Crippen LogP contribution in [0.5, 0.6) is 0 Å². The highest BCUT2D eigenvalue weighted by atomic mass is 19.4. The highest BCUT2D eigenvalue weighted by Gasteiger charge is 2.36. The van der Waals surface area contributed by atoms with Gasteiger partial charge in [-0.25, -0.2) is 10.1 Å². The SMILES string of the molecule is Nc1nonc1-n1cc(C(=O)N/N=C/c2cc(C(F)(F)F)cc(C(F)(F)F)c2)nn1. The lowest BCUT2D eigenvalue weighted by Crippen LogP contribution is -2.18. The second-order valence-corrected chi connectivity index (χ2v) is 5.56. The molecule has 158 valence electrons. The number of hydrazone groups is 1. The highest BCUT2D eigenvalue weighted by molar-refractivity contribution is 5.92. The van der Waals surface area contributed by atoms with E-state index in [0.717, 1.165) is 10.9 Å². The van der Waals surface area contributed by atoms with E-state index in [1.54, 1.807) is 0 Å². The molecule has 0 aliphatic carbocycles. The maximum absolute atomic E-state index is 12.8. The van der Waals surface area contributed by atoms with Gasteiger partial charge in [0.15, 0.2) is 5.69 Å². The Morgan fingerprint density at radius 1 is 1.10 bits per heavy atom. The lowest BCUT2D eigenvalue weighted by atomic mass is 10.1. The maximum atomic E-state index is 12.8. The van der Waals surface area contributed by atoms with E-state index in [1.165, 1.54) is 0 Å². The number of anilines is 1. The number of nitrogens with two attached hydrogens (primary N) is 1. The van der Waals surface area contributed by atoms with Crippen molar-refractivity contribution in [3.8, 4) is 5.82 Å². The summed E-state index contributed by atoms with van der Waals surface area (Å²) in [6, 6.07) is 0.863. The minimum absolute atomic E-state index is 0.0291. The van der Waals surface area contributed by atoms with Crippen LogP contribution in [0.15, 0.2) is 34.1 Å². The molecule has 0 bridgehead atoms. The average Bonchev–Trinajstić information content (AvgIpc) is 3.28. The van der Waals surface area contributed by atoms with Crippen LogP contribution in [0.25, 0.3) is 5.82 Å². The molecule has 10 nitrogen and oxygen atoms in total. The van der Waals surface area contributed by atoms with Gasteiger partial charge in [-0.3, -0.25) is 4.79 Å². The van der Waals surface area contributed by atoms with Gasteiger partial charge in [0.1, 0.15) is 0 Å². The Balaban J connectivity index is 1.77. The second kappa shape index (κ2) is 7.45. The number of hydrogen-bond donors (Lipinski definition) is 2. The number of nitrogens with zero attached hydrogens (tertiary/aromatic N) is 6. The van der Waals surface area contributed by atoms with Gasteiger partial charge in [-0.15, -0.1) is 5.10 Å². The van der Waals surface area contributed by atoms with Crippen molar-refractivity contribution in [2.24, 2.45) is 5.10 Å². The minimum atomic E-state index is -5.01. The number of carbonyl (C=O) groups excluding carboxylic acids is 1. The Labute approximate surface area is 161 Å². The van der Waals surface area contributed by atoms with Crippen molar-refractivity contribution in [2.45, 2.75) is 12.4 Å². The Kier molecular flexibility index (Phi) is 5.15. The van der Waals surface area contributed by atoms with Gasteiger partial charge in [-0.2, -0.15) is 36.1 Å². The van der Waals surface area contributed by atoms with Crippen LogP contribution in [0.2, 0.25) is 0 Å². The van der Waals surface area contributed by atoms with Crippen LogP contribution in [0.3, 0.4) is 0 Å². The third kappa shape index (κ3) is 4.53. The Morgan fingerprint density at radius 3 is 2.27 bits per heavy atom. The molecule has 1 aromatic carbocycles. The third-order valence-electron chi connectivity index (χ3n) is 3.43. The van der Waals surface area contributed by atoms with Gasteiger partial charge in [0.25, 0.3) is 5.91 Å². The van der Waals surface area contributed by atoms with Crippen LogP contribution in [0, 0.1) is 0 Å². The standard InChI is InChI=1S/C14H8F6N8O2/c15-13(16,17)7-1-6(2-8(3-7)14(18,19)20)4-22-24-12(29)9-5-28(27-23-9)11-10(21)25-30-26-11/h1-5H,(H2,21,25)(H,24,29)/b22-4+. The summed E-state index contributed by atoms with van der Waals surface area (Å²) in [5.41, 5.74) is 3.45. The smallest absolute Gasteiger partial charge is 0.378 e. The van der Waals surface area contributed by atoms with Gasteiger partial charge >= 0.3 is 12.4 Å². The van der Waals surface area contributed by atoms with E-state index in [4.69, 9.17) is 5.73 Å². The second-order valence-electron chi connectivity index (χ2n) is 5.56. The van der Waals surface area contributed by atoms with Crippen molar-refractivity contribution in [1.82, 2.24) is 30.7 Å². The van der Waals surface area contributed by atoms with E-state index in [2.05, 4.69) is 30.4 Å². The van der Waals surface area contributed by atoms with E-state index in [-0.39, 0.29) is 23.4 Å². The highest BCUT2D eigenvalue weighted by Crippen LogP contribution is 2.36. The molecule has 0 fully saturated rings. The largest absolute Gasteiger partial charge is 0.416 e. The van der Waals surface area contributed by atoms with Crippen molar-refractivity contribution in [2.75, 3.05) is 5.73 Å². The van der Waals surface area contributed by atoms with Crippen LogP contribution in [0.1, 0.15) is 27.2 Å². The first kappa shape index (κ1) is 20.7. The predicted molar refractivity (Wildman–Crippen MR) is 85.1 cm³/mol. The number of nitrogen functional groups attached to an aromatic ring is 1. The maximum Gasteiger partial charge on any atom is 0.416 e. The normalized spacial score (nSPS) is 12.5. The van der Waals surface area contributed by atoms with Crippen molar-refractivity contribution >= 4 is 17.9 Å². The Hall–Kier alpha value is -3.98. The number of benzene rings is 1. The Morgan fingerprint density at radius 2 is 1.73 bits per heavy atom. The Bertz CT molecular complexity index is 1070. The van der Waals surface area contributed by atoms with E-state index < -0.39 is 35.0 Å². The molecule has 0 aliphatic rings. The van der Waals surface area contributed by atoms with Crippen molar-refractivity contribution in [3.63, 3.8) is 0 Å². The van der Waals surface area contributed by atoms with Crippen LogP contribution in [-0.4, -0.2) is 37.4 Å². The minimum Gasteiger partial charge on any atom is -0.378 e. The molecule has 2 heterocycles. The summed E-state index contributed by atoms with van der Waals surface area (Å²) in [6.07, 6.45) is -8.34. The lowest BCUT2D eigenvalue weighted by molar-refractivity contribution is -0.143. The van der Waals surface area contributed by atoms with E-state index in [9.17, 15) is 31.1 Å². The van der Waals surface area contributed by atoms with E-state index >= 15 is 0 Å². The van der Waals surface area contributed by atoms with E-state index in [1.807, 2.05) is 5.43 Å². The number of amides is 1. The monoisotopic (exact) mass is 434 g/mol. The van der Waals surface area contributed by atoms with Gasteiger partial charge in [0.2, 0.25) is 11.6 Å². The summed E-state index contributed by atoms with van der Waals surface area (Å²) in [5, 5.41) is 17.1. The third-order valence-corrected chi connectivity index (χ3v) is 3.43. The number of carbonyl (C=O) groups is 1. The summed E-state index contributed by atoms with van der Waals surface area (Å²) in [6.45, 7) is 0. The quantitative estimate of drug-likeness (QED) is 0.364. The fourth-order valence-electron chi connectivity index (χ4n) is 2.10. The van der Waals surface area contributed by atoms with Crippen LogP contribution >= 0.6 is 0 Å². The molecule has 0 aliphatic heterocycles. The molecule has 0 radical (unpaired) electrons. The molecule has 1 amide bonds. The molecule has 0 atom stereocenters. The summed E-state index contributed by atoms with van der Waals surface area (Å²) in [5.74, 6) is -1.17. The zero-order chi connectivity index (χ0) is 22.1. The first-order chi connectivity index (χ1) is 13.9. The molecule has 0 saturated carbocycles. The molecule has 0 spiro atoms. The van der Waals surface area contributed by atoms with Crippen molar-refractivity contribution in [1.29, 1.82) is 0 Å². The summed E-state index contributed by atoms with van der Waals surface area (Å²) in [4.78, 5) is 12.0. The molecule has 0 unspecified atom stereocenters. The number of rotatable bonds is 4. The van der Waals surface area contributed by atoms with Gasteiger partial charge in [-0.1, -0.05) is 5.21 Å². The fraction of sp³-hybridized carbons (Fsp3) is 0.143. The number of aromatic nitrogens is 5. The van der Waals surface area contributed by atoms with Crippen molar-refractivity contribution in [3.05, 3.63) is 46.8 Å². The van der Waals surface area contributed by atoms with Crippen LogP contribution < -0.4 is 11.2 Å².